The number of nitrogens with one attached hydrogen (secondary N) is 1. The summed E-state index contributed by atoms with van der Waals surface area (Å²) in [7, 11) is 0. The summed E-state index contributed by atoms with van der Waals surface area (Å²) in [5, 5.41) is 12.8. The highest BCUT2D eigenvalue weighted by Gasteiger charge is 2.41. The lowest BCUT2D eigenvalue weighted by atomic mass is 10.1. The fraction of sp³-hybridized carbons (Fsp3) is 0.538. The molecule has 0 heterocycles. The predicted molar refractivity (Wildman–Crippen MR) is 68.5 cm³/mol. The Bertz CT molecular complexity index is 439. The third-order valence-electron chi connectivity index (χ3n) is 3.35. The first-order valence-electron chi connectivity index (χ1n) is 6.09. The number of aliphatic hydroxyl groups is 1. The maximum atomic E-state index is 12.3. The van der Waals surface area contributed by atoms with Gasteiger partial charge in [0, 0.05) is 35.7 Å². The molecule has 1 aromatic carbocycles. The van der Waals surface area contributed by atoms with Crippen LogP contribution in [0.2, 0.25) is 5.02 Å². The van der Waals surface area contributed by atoms with Gasteiger partial charge in [-0.1, -0.05) is 11.6 Å². The topological polar surface area (TPSA) is 41.5 Å². The summed E-state index contributed by atoms with van der Waals surface area (Å²) < 4.78 is 29.0. The minimum atomic E-state index is -2.85. The lowest BCUT2D eigenvalue weighted by Crippen LogP contribution is -2.26. The molecule has 1 saturated carbocycles. The van der Waals surface area contributed by atoms with Crippen LogP contribution in [0.5, 0.6) is 5.75 Å². The second-order valence-electron chi connectivity index (χ2n) is 4.89. The van der Waals surface area contributed by atoms with E-state index >= 15 is 0 Å². The molecule has 3 nitrogen and oxygen atoms in total. The molecule has 1 aromatic rings. The van der Waals surface area contributed by atoms with Crippen LogP contribution in [-0.4, -0.2) is 24.9 Å². The zero-order valence-electron chi connectivity index (χ0n) is 10.3. The highest BCUT2D eigenvalue weighted by atomic mass is 35.5. The smallest absolute Gasteiger partial charge is 0.387 e. The number of ether oxygens (including phenoxy) is 1. The summed E-state index contributed by atoms with van der Waals surface area (Å²) in [5.41, 5.74) is 0.559. The standard InChI is InChI=1S/C13H16ClF2NO2/c14-10-1-2-11(19-12(15)16)9(5-10)6-17-7-13(8-18)3-4-13/h1-2,5,12,17-18H,3-4,6-8H2. The lowest BCUT2D eigenvalue weighted by molar-refractivity contribution is -0.0505. The van der Waals surface area contributed by atoms with Gasteiger partial charge in [-0.3, -0.25) is 0 Å². The van der Waals surface area contributed by atoms with E-state index in [1.807, 2.05) is 0 Å². The van der Waals surface area contributed by atoms with Gasteiger partial charge in [0.1, 0.15) is 5.75 Å². The molecule has 0 saturated heterocycles. The maximum Gasteiger partial charge on any atom is 0.387 e. The van der Waals surface area contributed by atoms with Gasteiger partial charge in [-0.2, -0.15) is 8.78 Å². The predicted octanol–water partition coefficient (Wildman–Crippen LogP) is 2.80. The van der Waals surface area contributed by atoms with Crippen LogP contribution in [0.1, 0.15) is 18.4 Å². The zero-order valence-corrected chi connectivity index (χ0v) is 11.1. The van der Waals surface area contributed by atoms with E-state index in [2.05, 4.69) is 10.1 Å². The molecule has 0 atom stereocenters. The van der Waals surface area contributed by atoms with Crippen molar-refractivity contribution in [3.63, 3.8) is 0 Å². The highest BCUT2D eigenvalue weighted by Crippen LogP contribution is 2.44. The highest BCUT2D eigenvalue weighted by molar-refractivity contribution is 6.30. The van der Waals surface area contributed by atoms with Crippen molar-refractivity contribution in [3.8, 4) is 5.75 Å². The van der Waals surface area contributed by atoms with E-state index in [9.17, 15) is 13.9 Å². The van der Waals surface area contributed by atoms with Crippen LogP contribution in [-0.2, 0) is 6.54 Å². The monoisotopic (exact) mass is 291 g/mol. The van der Waals surface area contributed by atoms with Gasteiger partial charge in [0.25, 0.3) is 0 Å². The Morgan fingerprint density at radius 1 is 1.42 bits per heavy atom. The molecule has 0 unspecified atom stereocenters. The summed E-state index contributed by atoms with van der Waals surface area (Å²) in [6.07, 6.45) is 1.98. The molecule has 6 heteroatoms. The van der Waals surface area contributed by atoms with E-state index in [1.165, 1.54) is 12.1 Å². The number of benzene rings is 1. The first-order chi connectivity index (χ1) is 9.04. The van der Waals surface area contributed by atoms with Crippen LogP contribution in [0.4, 0.5) is 8.78 Å². The van der Waals surface area contributed by atoms with Gasteiger partial charge in [0.05, 0.1) is 0 Å². The number of aliphatic hydroxyl groups excluding tert-OH is 1. The second-order valence-corrected chi connectivity index (χ2v) is 5.33. The van der Waals surface area contributed by atoms with Crippen LogP contribution in [0.25, 0.3) is 0 Å². The number of hydrogen-bond acceptors (Lipinski definition) is 3. The van der Waals surface area contributed by atoms with Gasteiger partial charge < -0.3 is 15.2 Å². The maximum absolute atomic E-state index is 12.3. The Labute approximate surface area is 115 Å². The molecular formula is C13H16ClF2NO2. The van der Waals surface area contributed by atoms with E-state index in [-0.39, 0.29) is 17.8 Å². The fourth-order valence-electron chi connectivity index (χ4n) is 1.93. The minimum absolute atomic E-state index is 0.0255. The fourth-order valence-corrected chi connectivity index (χ4v) is 2.12. The molecule has 2 rings (SSSR count). The molecule has 106 valence electrons. The molecule has 1 aliphatic rings. The van der Waals surface area contributed by atoms with Gasteiger partial charge in [-0.05, 0) is 31.0 Å². The largest absolute Gasteiger partial charge is 0.434 e. The quantitative estimate of drug-likeness (QED) is 0.812. The van der Waals surface area contributed by atoms with E-state index in [4.69, 9.17) is 11.6 Å². The van der Waals surface area contributed by atoms with Gasteiger partial charge in [-0.15, -0.1) is 0 Å². The van der Waals surface area contributed by atoms with Crippen molar-refractivity contribution in [1.29, 1.82) is 0 Å². The van der Waals surface area contributed by atoms with E-state index in [1.54, 1.807) is 6.07 Å². The first-order valence-corrected chi connectivity index (χ1v) is 6.47. The van der Waals surface area contributed by atoms with Crippen LogP contribution in [0.3, 0.4) is 0 Å². The van der Waals surface area contributed by atoms with Gasteiger partial charge in [0.15, 0.2) is 0 Å². The SMILES string of the molecule is OCC1(CNCc2cc(Cl)ccc2OC(F)F)CC1. The number of halogens is 3. The molecule has 0 spiro atoms. The third-order valence-corrected chi connectivity index (χ3v) is 3.58. The molecule has 0 bridgehead atoms. The lowest BCUT2D eigenvalue weighted by Gasteiger charge is -2.15. The molecule has 0 aromatic heterocycles. The van der Waals surface area contributed by atoms with Crippen molar-refractivity contribution >= 4 is 11.6 Å². The molecule has 1 fully saturated rings. The van der Waals surface area contributed by atoms with E-state index in [0.29, 0.717) is 23.7 Å². The average molecular weight is 292 g/mol. The Morgan fingerprint density at radius 3 is 2.74 bits per heavy atom. The van der Waals surface area contributed by atoms with Crippen LogP contribution in [0.15, 0.2) is 18.2 Å². The summed E-state index contributed by atoms with van der Waals surface area (Å²) in [6, 6.07) is 4.55. The van der Waals surface area contributed by atoms with Crippen LogP contribution < -0.4 is 10.1 Å². The number of alkyl halides is 2. The van der Waals surface area contributed by atoms with Crippen molar-refractivity contribution in [2.45, 2.75) is 26.0 Å². The van der Waals surface area contributed by atoms with Crippen molar-refractivity contribution in [2.24, 2.45) is 5.41 Å². The van der Waals surface area contributed by atoms with Crippen molar-refractivity contribution < 1.29 is 18.6 Å². The molecule has 0 radical (unpaired) electrons. The summed E-state index contributed by atoms with van der Waals surface area (Å²) in [5.74, 6) is 0.126. The Kier molecular flexibility index (Phi) is 4.60. The molecule has 2 N–H and O–H groups in total. The normalized spacial score (nSPS) is 16.7. The van der Waals surface area contributed by atoms with Crippen molar-refractivity contribution in [2.75, 3.05) is 13.2 Å². The minimum Gasteiger partial charge on any atom is -0.434 e. The summed E-state index contributed by atoms with van der Waals surface area (Å²) in [4.78, 5) is 0. The number of hydrogen-bond donors (Lipinski definition) is 2. The average Bonchev–Trinajstić information content (AvgIpc) is 3.13. The van der Waals surface area contributed by atoms with Crippen molar-refractivity contribution in [1.82, 2.24) is 5.32 Å². The molecule has 1 aliphatic carbocycles. The second kappa shape index (κ2) is 6.03. The van der Waals surface area contributed by atoms with Crippen LogP contribution in [0, 0.1) is 5.41 Å². The molecule has 0 amide bonds. The van der Waals surface area contributed by atoms with E-state index < -0.39 is 6.61 Å². The molecule has 19 heavy (non-hydrogen) atoms. The molecular weight excluding hydrogens is 276 g/mol. The Morgan fingerprint density at radius 2 is 2.16 bits per heavy atom. The van der Waals surface area contributed by atoms with Gasteiger partial charge in [-0.25, -0.2) is 0 Å². The van der Waals surface area contributed by atoms with Gasteiger partial charge in [0.2, 0.25) is 0 Å². The third kappa shape index (κ3) is 4.03. The first kappa shape index (κ1) is 14.5. The van der Waals surface area contributed by atoms with E-state index in [0.717, 1.165) is 12.8 Å². The Hall–Kier alpha value is -0.910. The summed E-state index contributed by atoms with van der Waals surface area (Å²) >= 11 is 5.85. The zero-order chi connectivity index (χ0) is 13.9. The number of rotatable bonds is 7. The van der Waals surface area contributed by atoms with Gasteiger partial charge >= 0.3 is 6.61 Å². The Balaban J connectivity index is 1.95. The molecule has 0 aliphatic heterocycles. The van der Waals surface area contributed by atoms with Crippen molar-refractivity contribution in [3.05, 3.63) is 28.8 Å². The summed E-state index contributed by atoms with van der Waals surface area (Å²) in [6.45, 7) is -1.67. The van der Waals surface area contributed by atoms with Crippen LogP contribution >= 0.6 is 11.6 Å².